The molecule has 5 rings (SSSR count). The lowest BCUT2D eigenvalue weighted by atomic mass is 9.94. The van der Waals surface area contributed by atoms with E-state index in [1.165, 1.54) is 0 Å². The Morgan fingerprint density at radius 3 is 2.82 bits per heavy atom. The molecule has 2 N–H and O–H groups in total. The molecule has 8 heteroatoms. The maximum Gasteiger partial charge on any atom is 0.293 e. The Morgan fingerprint density at radius 2 is 2.06 bits per heavy atom. The number of carbonyl (C=O) groups is 1. The number of carbonyl (C=O) groups excluding carboxylic acids is 1. The van der Waals surface area contributed by atoms with Gasteiger partial charge in [0.2, 0.25) is 0 Å². The summed E-state index contributed by atoms with van der Waals surface area (Å²) in [7, 11) is 0. The van der Waals surface area contributed by atoms with E-state index in [9.17, 15) is 19.8 Å². The monoisotopic (exact) mass is 445 g/mol. The van der Waals surface area contributed by atoms with Crippen molar-refractivity contribution >= 4 is 28.3 Å². The number of aliphatic hydroxyl groups excluding tert-OH is 2. The molecule has 168 valence electrons. The topological polar surface area (TPSA) is 115 Å². The zero-order chi connectivity index (χ0) is 23.1. The Hall–Kier alpha value is -3.62. The number of hydrogen-bond acceptors (Lipinski definition) is 7. The number of benzene rings is 1. The second-order valence-corrected chi connectivity index (χ2v) is 8.21. The molecule has 0 saturated heterocycles. The van der Waals surface area contributed by atoms with E-state index in [1.807, 2.05) is 24.3 Å². The molecule has 0 amide bonds. The molecule has 0 aliphatic carbocycles. The molecule has 33 heavy (non-hydrogen) atoms. The molecule has 0 bridgehead atoms. The highest BCUT2D eigenvalue weighted by Gasteiger charge is 2.29. The van der Waals surface area contributed by atoms with Gasteiger partial charge in [-0.3, -0.25) is 14.6 Å². The van der Waals surface area contributed by atoms with Crippen LogP contribution in [0.25, 0.3) is 33.2 Å². The van der Waals surface area contributed by atoms with Crippen LogP contribution in [0.5, 0.6) is 0 Å². The van der Waals surface area contributed by atoms with Crippen LogP contribution in [0.2, 0.25) is 0 Å². The number of ether oxygens (including phenoxy) is 1. The van der Waals surface area contributed by atoms with Crippen LogP contribution >= 0.6 is 0 Å². The second-order valence-electron chi connectivity index (χ2n) is 8.21. The molecular formula is C25H23N3O5. The minimum atomic E-state index is -0.915. The van der Waals surface area contributed by atoms with Crippen molar-refractivity contribution in [3.63, 3.8) is 0 Å². The number of pyridine rings is 3. The molecule has 1 aliphatic heterocycles. The standard InChI is InChI=1S/C25H23N3O5/c1-14(31)17-10-22-24-18(11-28(22)25(32)19(17)12-33-13-30)15(5-3-9-29)23-16-4-2-8-26-20(16)6-7-21(23)27-24/h2,4,6-8,10,13-14,29,31H,3,5,9,11-12H2,1H3. The van der Waals surface area contributed by atoms with Crippen molar-refractivity contribution in [2.45, 2.75) is 39.0 Å². The van der Waals surface area contributed by atoms with Crippen molar-refractivity contribution < 1.29 is 19.7 Å². The molecule has 1 aliphatic rings. The summed E-state index contributed by atoms with van der Waals surface area (Å²) in [6.07, 6.45) is 2.03. The normalized spacial score (nSPS) is 13.2. The number of nitrogens with zero attached hydrogens (tertiary/aromatic N) is 3. The Kier molecular flexibility index (Phi) is 5.39. The number of hydrogen-bond donors (Lipinski definition) is 2. The van der Waals surface area contributed by atoms with E-state index >= 15 is 0 Å². The highest BCUT2D eigenvalue weighted by atomic mass is 16.5. The Bertz CT molecular complexity index is 1460. The average Bonchev–Trinajstić information content (AvgIpc) is 3.19. The summed E-state index contributed by atoms with van der Waals surface area (Å²) in [5, 5.41) is 21.8. The van der Waals surface area contributed by atoms with Crippen molar-refractivity contribution in [2.24, 2.45) is 0 Å². The lowest BCUT2D eigenvalue weighted by molar-refractivity contribution is -0.129. The first kappa shape index (κ1) is 21.2. The summed E-state index contributed by atoms with van der Waals surface area (Å²) in [5.74, 6) is 0. The average molecular weight is 445 g/mol. The van der Waals surface area contributed by atoms with Gasteiger partial charge >= 0.3 is 0 Å². The van der Waals surface area contributed by atoms with Gasteiger partial charge in [-0.15, -0.1) is 0 Å². The Morgan fingerprint density at radius 1 is 1.24 bits per heavy atom. The Balaban J connectivity index is 1.81. The quantitative estimate of drug-likeness (QED) is 0.292. The van der Waals surface area contributed by atoms with Gasteiger partial charge in [-0.2, -0.15) is 0 Å². The van der Waals surface area contributed by atoms with Crippen LogP contribution in [-0.2, 0) is 29.1 Å². The first-order valence-corrected chi connectivity index (χ1v) is 10.9. The summed E-state index contributed by atoms with van der Waals surface area (Å²) in [5.41, 5.74) is 5.28. The number of fused-ring (bicyclic) bond motifs is 6. The van der Waals surface area contributed by atoms with Gasteiger partial charge in [0.1, 0.15) is 6.61 Å². The molecule has 8 nitrogen and oxygen atoms in total. The van der Waals surface area contributed by atoms with E-state index < -0.39 is 6.10 Å². The largest absolute Gasteiger partial charge is 0.463 e. The molecule has 3 aromatic heterocycles. The number of aryl methyl sites for hydroxylation is 1. The molecule has 0 spiro atoms. The van der Waals surface area contributed by atoms with E-state index in [0.29, 0.717) is 42.8 Å². The molecule has 1 aromatic carbocycles. The van der Waals surface area contributed by atoms with Crippen LogP contribution in [0.1, 0.15) is 41.7 Å². The van der Waals surface area contributed by atoms with Crippen molar-refractivity contribution in [2.75, 3.05) is 6.61 Å². The van der Waals surface area contributed by atoms with Gasteiger partial charge in [-0.05, 0) is 55.2 Å². The van der Waals surface area contributed by atoms with Gasteiger partial charge in [0, 0.05) is 29.1 Å². The summed E-state index contributed by atoms with van der Waals surface area (Å²) in [6.45, 7) is 2.03. The van der Waals surface area contributed by atoms with Gasteiger partial charge in [0.25, 0.3) is 12.0 Å². The van der Waals surface area contributed by atoms with E-state index in [2.05, 4.69) is 4.98 Å². The van der Waals surface area contributed by atoms with Crippen LogP contribution in [0.4, 0.5) is 0 Å². The van der Waals surface area contributed by atoms with Gasteiger partial charge in [0.15, 0.2) is 0 Å². The van der Waals surface area contributed by atoms with Crippen molar-refractivity contribution in [3.8, 4) is 11.4 Å². The predicted octanol–water partition coefficient (Wildman–Crippen LogP) is 2.62. The van der Waals surface area contributed by atoms with Crippen LogP contribution in [0, 0.1) is 0 Å². The number of aromatic nitrogens is 3. The van der Waals surface area contributed by atoms with E-state index in [4.69, 9.17) is 9.72 Å². The van der Waals surface area contributed by atoms with Crippen LogP contribution in [0.15, 0.2) is 41.3 Å². The Labute approximate surface area is 189 Å². The van der Waals surface area contributed by atoms with Crippen LogP contribution < -0.4 is 5.56 Å². The van der Waals surface area contributed by atoms with Crippen molar-refractivity contribution in [1.82, 2.24) is 14.5 Å². The first-order valence-electron chi connectivity index (χ1n) is 10.9. The number of rotatable bonds is 7. The fourth-order valence-corrected chi connectivity index (χ4v) is 4.80. The zero-order valence-corrected chi connectivity index (χ0v) is 18.1. The molecule has 4 aromatic rings. The summed E-state index contributed by atoms with van der Waals surface area (Å²) < 4.78 is 6.48. The maximum atomic E-state index is 13.4. The molecule has 0 fully saturated rings. The van der Waals surface area contributed by atoms with Crippen molar-refractivity contribution in [3.05, 3.63) is 69.1 Å². The minimum Gasteiger partial charge on any atom is -0.463 e. The summed E-state index contributed by atoms with van der Waals surface area (Å²) in [4.78, 5) is 33.5. The molecule has 4 heterocycles. The molecule has 1 atom stereocenters. The maximum absolute atomic E-state index is 13.4. The summed E-state index contributed by atoms with van der Waals surface area (Å²) >= 11 is 0. The lowest BCUT2D eigenvalue weighted by Gasteiger charge is -2.14. The van der Waals surface area contributed by atoms with Gasteiger partial charge in [-0.25, -0.2) is 4.98 Å². The third-order valence-corrected chi connectivity index (χ3v) is 6.27. The lowest BCUT2D eigenvalue weighted by Crippen LogP contribution is -2.26. The fourth-order valence-electron chi connectivity index (χ4n) is 4.80. The third-order valence-electron chi connectivity index (χ3n) is 6.27. The minimum absolute atomic E-state index is 0.0495. The molecule has 0 saturated carbocycles. The molecule has 0 radical (unpaired) electrons. The highest BCUT2D eigenvalue weighted by Crippen LogP contribution is 2.39. The number of aliphatic hydroxyl groups is 2. The first-order chi connectivity index (χ1) is 16.0. The molecular weight excluding hydrogens is 422 g/mol. The fraction of sp³-hybridized carbons (Fsp3) is 0.280. The predicted molar refractivity (Wildman–Crippen MR) is 123 cm³/mol. The SMILES string of the molecule is CC(O)c1cc2n(c(=O)c1COC=O)Cc1c-2nc2ccc3ncccc3c2c1CCCO. The van der Waals surface area contributed by atoms with E-state index in [0.717, 1.165) is 32.9 Å². The second kappa shape index (κ2) is 8.38. The highest BCUT2D eigenvalue weighted by molar-refractivity contribution is 6.07. The smallest absolute Gasteiger partial charge is 0.293 e. The van der Waals surface area contributed by atoms with Gasteiger partial charge < -0.3 is 19.5 Å². The van der Waals surface area contributed by atoms with Crippen molar-refractivity contribution in [1.29, 1.82) is 0 Å². The van der Waals surface area contributed by atoms with E-state index in [1.54, 1.807) is 23.8 Å². The summed E-state index contributed by atoms with van der Waals surface area (Å²) in [6, 6.07) is 9.51. The van der Waals surface area contributed by atoms with Gasteiger partial charge in [0.05, 0.1) is 40.6 Å². The van der Waals surface area contributed by atoms with Crippen LogP contribution in [-0.4, -0.2) is 37.8 Å². The zero-order valence-electron chi connectivity index (χ0n) is 18.1. The van der Waals surface area contributed by atoms with E-state index in [-0.39, 0.29) is 24.3 Å². The molecule has 1 unspecified atom stereocenters. The van der Waals surface area contributed by atoms with Gasteiger partial charge in [-0.1, -0.05) is 6.07 Å². The third kappa shape index (κ3) is 3.39. The van der Waals surface area contributed by atoms with Crippen LogP contribution in [0.3, 0.4) is 0 Å².